The van der Waals surface area contributed by atoms with Crippen molar-refractivity contribution in [3.05, 3.63) is 36.1 Å². The predicted molar refractivity (Wildman–Crippen MR) is 117 cm³/mol. The second-order valence-electron chi connectivity index (χ2n) is 5.51. The van der Waals surface area contributed by atoms with Crippen LogP contribution in [0.1, 0.15) is 38.5 Å². The molecule has 2 N–H and O–H groups in total. The molecule has 1 atom stereocenters. The summed E-state index contributed by atoms with van der Waals surface area (Å²) in [4.78, 5) is 4.65. The smallest absolute Gasteiger partial charge is 0.191 e. The van der Waals surface area contributed by atoms with Crippen molar-refractivity contribution < 1.29 is 4.42 Å². The fourth-order valence-electron chi connectivity index (χ4n) is 2.36. The van der Waals surface area contributed by atoms with Crippen molar-refractivity contribution in [3.63, 3.8) is 0 Å². The van der Waals surface area contributed by atoms with E-state index in [4.69, 9.17) is 4.42 Å². The molecule has 0 saturated carbocycles. The molecule has 2 aromatic rings. The summed E-state index contributed by atoms with van der Waals surface area (Å²) in [7, 11) is 0. The quantitative estimate of drug-likeness (QED) is 0.257. The lowest BCUT2D eigenvalue weighted by Crippen LogP contribution is -2.38. The molecule has 0 spiro atoms. The SMILES string of the molecule is CCNC(=NCCCCSC)NC(C)c1cc2ccccc2o1.I. The van der Waals surface area contributed by atoms with Gasteiger partial charge in [0.15, 0.2) is 5.96 Å². The molecule has 0 saturated heterocycles. The van der Waals surface area contributed by atoms with Gasteiger partial charge >= 0.3 is 0 Å². The van der Waals surface area contributed by atoms with Crippen LogP contribution in [0, 0.1) is 0 Å². The molecular formula is C18H28IN3OS. The first-order chi connectivity index (χ1) is 11.2. The molecule has 134 valence electrons. The number of unbranched alkanes of at least 4 members (excludes halogenated alkanes) is 1. The minimum atomic E-state index is 0. The van der Waals surface area contributed by atoms with Crippen molar-refractivity contribution in [2.75, 3.05) is 25.1 Å². The number of nitrogens with one attached hydrogen (secondary N) is 2. The number of benzene rings is 1. The van der Waals surface area contributed by atoms with Gasteiger partial charge in [0.2, 0.25) is 0 Å². The molecule has 1 unspecified atom stereocenters. The Morgan fingerprint density at radius 3 is 2.79 bits per heavy atom. The van der Waals surface area contributed by atoms with Gasteiger partial charge in [-0.1, -0.05) is 18.2 Å². The molecule has 1 aromatic heterocycles. The molecule has 0 radical (unpaired) electrons. The highest BCUT2D eigenvalue weighted by Gasteiger charge is 2.12. The van der Waals surface area contributed by atoms with Gasteiger partial charge in [-0.25, -0.2) is 0 Å². The molecule has 0 aliphatic carbocycles. The molecule has 0 bridgehead atoms. The van der Waals surface area contributed by atoms with Crippen molar-refractivity contribution in [1.82, 2.24) is 10.6 Å². The van der Waals surface area contributed by atoms with Crippen LogP contribution < -0.4 is 10.6 Å². The van der Waals surface area contributed by atoms with Crippen LogP contribution in [0.4, 0.5) is 0 Å². The second-order valence-corrected chi connectivity index (χ2v) is 6.50. The van der Waals surface area contributed by atoms with Crippen LogP contribution in [-0.2, 0) is 0 Å². The van der Waals surface area contributed by atoms with E-state index in [0.29, 0.717) is 0 Å². The van der Waals surface area contributed by atoms with Crippen LogP contribution in [0.25, 0.3) is 11.0 Å². The van der Waals surface area contributed by atoms with E-state index in [1.54, 1.807) is 0 Å². The van der Waals surface area contributed by atoms with Gasteiger partial charge in [-0.2, -0.15) is 11.8 Å². The van der Waals surface area contributed by atoms with Crippen LogP contribution in [0.15, 0.2) is 39.7 Å². The normalized spacial score (nSPS) is 12.7. The first kappa shape index (κ1) is 21.2. The van der Waals surface area contributed by atoms with Gasteiger partial charge in [0.05, 0.1) is 6.04 Å². The van der Waals surface area contributed by atoms with Gasteiger partial charge in [0.1, 0.15) is 11.3 Å². The first-order valence-corrected chi connectivity index (χ1v) is 9.66. The minimum absolute atomic E-state index is 0. The Labute approximate surface area is 166 Å². The Balaban J connectivity index is 0.00000288. The molecule has 0 aliphatic heterocycles. The van der Waals surface area contributed by atoms with Crippen molar-refractivity contribution in [3.8, 4) is 0 Å². The zero-order chi connectivity index (χ0) is 16.5. The van der Waals surface area contributed by atoms with Crippen LogP contribution in [0.2, 0.25) is 0 Å². The van der Waals surface area contributed by atoms with Crippen LogP contribution >= 0.6 is 35.7 Å². The average Bonchev–Trinajstić information content (AvgIpc) is 2.99. The highest BCUT2D eigenvalue weighted by Crippen LogP contribution is 2.23. The molecule has 0 aliphatic rings. The number of hydrogen-bond acceptors (Lipinski definition) is 3. The molecular weight excluding hydrogens is 433 g/mol. The van der Waals surface area contributed by atoms with Gasteiger partial charge in [0, 0.05) is 18.5 Å². The summed E-state index contributed by atoms with van der Waals surface area (Å²) in [5.74, 6) is 2.98. The number of halogens is 1. The van der Waals surface area contributed by atoms with Gasteiger partial charge in [-0.15, -0.1) is 24.0 Å². The topological polar surface area (TPSA) is 49.6 Å². The largest absolute Gasteiger partial charge is 0.459 e. The monoisotopic (exact) mass is 461 g/mol. The lowest BCUT2D eigenvalue weighted by Gasteiger charge is -2.16. The summed E-state index contributed by atoms with van der Waals surface area (Å²) in [6.07, 6.45) is 4.48. The van der Waals surface area contributed by atoms with Gasteiger partial charge in [-0.3, -0.25) is 4.99 Å². The van der Waals surface area contributed by atoms with Gasteiger partial charge < -0.3 is 15.1 Å². The second kappa shape index (κ2) is 11.6. The molecule has 0 amide bonds. The summed E-state index contributed by atoms with van der Waals surface area (Å²) >= 11 is 1.89. The summed E-state index contributed by atoms with van der Waals surface area (Å²) in [6, 6.07) is 10.3. The maximum Gasteiger partial charge on any atom is 0.191 e. The van der Waals surface area contributed by atoms with Crippen molar-refractivity contribution in [2.24, 2.45) is 4.99 Å². The van der Waals surface area contributed by atoms with Crippen LogP contribution in [0.3, 0.4) is 0 Å². The number of guanidine groups is 1. The van der Waals surface area contributed by atoms with E-state index in [2.05, 4.69) is 47.9 Å². The highest BCUT2D eigenvalue weighted by molar-refractivity contribution is 14.0. The Bertz CT molecular complexity index is 597. The van der Waals surface area contributed by atoms with Crippen molar-refractivity contribution in [2.45, 2.75) is 32.7 Å². The number of furan rings is 1. The number of hydrogen-bond donors (Lipinski definition) is 2. The van der Waals surface area contributed by atoms with E-state index >= 15 is 0 Å². The number of para-hydroxylation sites is 1. The van der Waals surface area contributed by atoms with E-state index in [-0.39, 0.29) is 30.0 Å². The lowest BCUT2D eigenvalue weighted by molar-refractivity contribution is 0.488. The van der Waals surface area contributed by atoms with Gasteiger partial charge in [-0.05, 0) is 50.8 Å². The third-order valence-electron chi connectivity index (χ3n) is 3.60. The average molecular weight is 461 g/mol. The number of nitrogens with zero attached hydrogens (tertiary/aromatic N) is 1. The third kappa shape index (κ3) is 6.55. The summed E-state index contributed by atoms with van der Waals surface area (Å²) < 4.78 is 5.92. The Kier molecular flexibility index (Phi) is 10.2. The fourth-order valence-corrected chi connectivity index (χ4v) is 2.85. The maximum absolute atomic E-state index is 5.92. The van der Waals surface area contributed by atoms with Gasteiger partial charge in [0.25, 0.3) is 0 Å². The maximum atomic E-state index is 5.92. The first-order valence-electron chi connectivity index (χ1n) is 8.27. The van der Waals surface area contributed by atoms with E-state index in [9.17, 15) is 0 Å². The summed E-state index contributed by atoms with van der Waals surface area (Å²) in [5, 5.41) is 7.86. The fraction of sp³-hybridized carbons (Fsp3) is 0.500. The Morgan fingerprint density at radius 2 is 2.08 bits per heavy atom. The molecule has 24 heavy (non-hydrogen) atoms. The number of aliphatic imine (C=N–C) groups is 1. The predicted octanol–water partition coefficient (Wildman–Crippen LogP) is 4.81. The van der Waals surface area contributed by atoms with Crippen molar-refractivity contribution >= 4 is 52.7 Å². The Morgan fingerprint density at radius 1 is 1.29 bits per heavy atom. The lowest BCUT2D eigenvalue weighted by atomic mass is 10.2. The summed E-state index contributed by atoms with van der Waals surface area (Å²) in [6.45, 7) is 5.88. The van der Waals surface area contributed by atoms with E-state index < -0.39 is 0 Å². The molecule has 6 heteroatoms. The standard InChI is InChI=1S/C18H27N3OS.HI/c1-4-19-18(20-11-7-8-12-23-3)21-14(2)17-13-15-9-5-6-10-16(15)22-17;/h5-6,9-10,13-14H,4,7-8,11-12H2,1-3H3,(H2,19,20,21);1H. The molecule has 2 rings (SSSR count). The third-order valence-corrected chi connectivity index (χ3v) is 4.29. The number of fused-ring (bicyclic) bond motifs is 1. The van der Waals surface area contributed by atoms with Crippen LogP contribution in [0.5, 0.6) is 0 Å². The van der Waals surface area contributed by atoms with E-state index in [0.717, 1.165) is 42.2 Å². The van der Waals surface area contributed by atoms with Crippen LogP contribution in [-0.4, -0.2) is 31.1 Å². The molecule has 4 nitrogen and oxygen atoms in total. The molecule has 0 fully saturated rings. The Hall–Kier alpha value is -0.890. The zero-order valence-corrected chi connectivity index (χ0v) is 17.8. The highest BCUT2D eigenvalue weighted by atomic mass is 127. The molecule has 1 aromatic carbocycles. The van der Waals surface area contributed by atoms with Crippen molar-refractivity contribution in [1.29, 1.82) is 0 Å². The van der Waals surface area contributed by atoms with E-state index in [1.807, 2.05) is 30.0 Å². The zero-order valence-electron chi connectivity index (χ0n) is 14.7. The summed E-state index contributed by atoms with van der Waals surface area (Å²) in [5.41, 5.74) is 0.926. The minimum Gasteiger partial charge on any atom is -0.459 e. The molecule has 1 heterocycles. The number of thioether (sulfide) groups is 1. The number of rotatable bonds is 8. The van der Waals surface area contributed by atoms with E-state index in [1.165, 1.54) is 12.2 Å².